The van der Waals surface area contributed by atoms with Gasteiger partial charge in [0.15, 0.2) is 5.65 Å². The van der Waals surface area contributed by atoms with Gasteiger partial charge in [0.25, 0.3) is 0 Å². The number of likely N-dealkylation sites (N-methyl/N-ethyl adjacent to an activating group) is 1. The Morgan fingerprint density at radius 2 is 2.26 bits per heavy atom. The van der Waals surface area contributed by atoms with Crippen LogP contribution >= 0.6 is 0 Å². The molecule has 19 heavy (non-hydrogen) atoms. The van der Waals surface area contributed by atoms with Crippen LogP contribution in [-0.4, -0.2) is 45.2 Å². The lowest BCUT2D eigenvalue weighted by Gasteiger charge is -2.19. The molecule has 1 saturated carbocycles. The molecule has 1 N–H and O–H groups in total. The van der Waals surface area contributed by atoms with E-state index >= 15 is 0 Å². The van der Waals surface area contributed by atoms with E-state index in [0.29, 0.717) is 0 Å². The van der Waals surface area contributed by atoms with Gasteiger partial charge in [-0.2, -0.15) is 4.98 Å². The van der Waals surface area contributed by atoms with E-state index in [1.54, 1.807) is 0 Å². The van der Waals surface area contributed by atoms with Crippen LogP contribution in [0.1, 0.15) is 25.5 Å². The van der Waals surface area contributed by atoms with Crippen molar-refractivity contribution in [1.29, 1.82) is 0 Å². The maximum atomic E-state index is 4.48. The fraction of sp³-hybridized carbons (Fsp3) is 0.571. The number of rotatable bonds is 6. The molecule has 1 aliphatic rings. The van der Waals surface area contributed by atoms with Gasteiger partial charge in [0.05, 0.1) is 0 Å². The number of fused-ring (bicyclic) bond motifs is 1. The normalized spacial score (nSPS) is 15.3. The Hall–Kier alpha value is -1.62. The first-order valence-corrected chi connectivity index (χ1v) is 7.08. The highest BCUT2D eigenvalue weighted by atomic mass is 15.4. The second kappa shape index (κ2) is 5.17. The summed E-state index contributed by atoms with van der Waals surface area (Å²) in [6, 6.07) is 6.85. The maximum Gasteiger partial charge on any atom is 0.243 e. The van der Waals surface area contributed by atoms with Crippen molar-refractivity contribution in [2.75, 3.05) is 25.0 Å². The summed E-state index contributed by atoms with van der Waals surface area (Å²) in [5, 5.41) is 7.80. The van der Waals surface area contributed by atoms with Gasteiger partial charge in [-0.15, -0.1) is 5.10 Å². The van der Waals surface area contributed by atoms with Crippen LogP contribution in [0.25, 0.3) is 5.65 Å². The lowest BCUT2D eigenvalue weighted by Crippen LogP contribution is -2.31. The lowest BCUT2D eigenvalue weighted by molar-refractivity contribution is 0.289. The van der Waals surface area contributed by atoms with Gasteiger partial charge in [-0.05, 0) is 38.4 Å². The molecular weight excluding hydrogens is 238 g/mol. The molecule has 2 aromatic heterocycles. The number of anilines is 1. The molecule has 0 bridgehead atoms. The van der Waals surface area contributed by atoms with E-state index in [-0.39, 0.29) is 0 Å². The van der Waals surface area contributed by atoms with Crippen molar-refractivity contribution in [3.63, 3.8) is 0 Å². The van der Waals surface area contributed by atoms with Crippen LogP contribution in [0.2, 0.25) is 0 Å². The third-order valence-corrected chi connectivity index (χ3v) is 3.70. The average molecular weight is 259 g/mol. The standard InChI is InChI=1S/C14H21N5/c1-3-18(12-7-8-12)10-9-15-14-16-13-6-4-5-11(2)19(13)17-14/h4-6,12H,3,7-10H2,1-2H3,(H,15,17). The molecule has 0 aliphatic heterocycles. The number of pyridine rings is 1. The second-order valence-corrected chi connectivity index (χ2v) is 5.16. The second-order valence-electron chi connectivity index (χ2n) is 5.16. The molecule has 5 heteroatoms. The number of aromatic nitrogens is 3. The highest BCUT2D eigenvalue weighted by Gasteiger charge is 2.27. The Kier molecular flexibility index (Phi) is 3.38. The van der Waals surface area contributed by atoms with Gasteiger partial charge in [-0.25, -0.2) is 4.52 Å². The summed E-state index contributed by atoms with van der Waals surface area (Å²) in [5.74, 6) is 0.723. The first kappa shape index (κ1) is 12.4. The molecule has 3 rings (SSSR count). The molecule has 0 unspecified atom stereocenters. The summed E-state index contributed by atoms with van der Waals surface area (Å²) in [7, 11) is 0. The van der Waals surface area contributed by atoms with Crippen molar-refractivity contribution >= 4 is 11.6 Å². The van der Waals surface area contributed by atoms with Gasteiger partial charge >= 0.3 is 0 Å². The quantitative estimate of drug-likeness (QED) is 0.861. The van der Waals surface area contributed by atoms with Gasteiger partial charge in [-0.1, -0.05) is 13.0 Å². The van der Waals surface area contributed by atoms with Crippen LogP contribution in [0.5, 0.6) is 0 Å². The molecule has 1 fully saturated rings. The fourth-order valence-electron chi connectivity index (χ4n) is 2.46. The number of hydrogen-bond donors (Lipinski definition) is 1. The molecule has 1 aliphatic carbocycles. The molecule has 102 valence electrons. The Morgan fingerprint density at radius 1 is 1.42 bits per heavy atom. The molecule has 0 saturated heterocycles. The van der Waals surface area contributed by atoms with E-state index in [0.717, 1.165) is 43.0 Å². The van der Waals surface area contributed by atoms with Crippen LogP contribution in [0.15, 0.2) is 18.2 Å². The highest BCUT2D eigenvalue weighted by molar-refractivity contribution is 5.44. The zero-order chi connectivity index (χ0) is 13.2. The van der Waals surface area contributed by atoms with E-state index in [1.807, 2.05) is 29.6 Å². The summed E-state index contributed by atoms with van der Waals surface area (Å²) < 4.78 is 1.88. The van der Waals surface area contributed by atoms with Crippen molar-refractivity contribution in [3.05, 3.63) is 23.9 Å². The topological polar surface area (TPSA) is 45.5 Å². The Balaban J connectivity index is 1.60. The minimum Gasteiger partial charge on any atom is -0.352 e. The zero-order valence-electron chi connectivity index (χ0n) is 11.6. The van der Waals surface area contributed by atoms with Crippen LogP contribution < -0.4 is 5.32 Å². The predicted octanol–water partition coefficient (Wildman–Crippen LogP) is 1.93. The predicted molar refractivity (Wildman–Crippen MR) is 76.5 cm³/mol. The van der Waals surface area contributed by atoms with Gasteiger partial charge in [0, 0.05) is 24.8 Å². The van der Waals surface area contributed by atoms with E-state index in [9.17, 15) is 0 Å². The largest absolute Gasteiger partial charge is 0.352 e. The van der Waals surface area contributed by atoms with E-state index in [2.05, 4.69) is 27.2 Å². The lowest BCUT2D eigenvalue weighted by atomic mass is 10.4. The fourth-order valence-corrected chi connectivity index (χ4v) is 2.46. The first-order valence-electron chi connectivity index (χ1n) is 7.08. The van der Waals surface area contributed by atoms with E-state index in [4.69, 9.17) is 0 Å². The summed E-state index contributed by atoms with van der Waals surface area (Å²) in [5.41, 5.74) is 2.00. The number of hydrogen-bond acceptors (Lipinski definition) is 4. The summed E-state index contributed by atoms with van der Waals surface area (Å²) in [4.78, 5) is 7.00. The smallest absolute Gasteiger partial charge is 0.243 e. The van der Waals surface area contributed by atoms with Crippen LogP contribution in [0.3, 0.4) is 0 Å². The minimum absolute atomic E-state index is 0.723. The van der Waals surface area contributed by atoms with Crippen molar-refractivity contribution in [2.45, 2.75) is 32.7 Å². The van der Waals surface area contributed by atoms with Gasteiger partial charge < -0.3 is 5.32 Å². The van der Waals surface area contributed by atoms with Crippen molar-refractivity contribution in [2.24, 2.45) is 0 Å². The first-order chi connectivity index (χ1) is 9.28. The van der Waals surface area contributed by atoms with Crippen LogP contribution in [0.4, 0.5) is 5.95 Å². The molecule has 0 amide bonds. The molecule has 5 nitrogen and oxygen atoms in total. The number of nitrogens with zero attached hydrogens (tertiary/aromatic N) is 4. The maximum absolute atomic E-state index is 4.48. The zero-order valence-corrected chi connectivity index (χ0v) is 11.6. The van der Waals surface area contributed by atoms with Gasteiger partial charge in [0.2, 0.25) is 5.95 Å². The summed E-state index contributed by atoms with van der Waals surface area (Å²) in [6.45, 7) is 7.36. The third kappa shape index (κ3) is 2.71. The number of nitrogens with one attached hydrogen (secondary N) is 1. The van der Waals surface area contributed by atoms with Crippen molar-refractivity contribution in [1.82, 2.24) is 19.5 Å². The Bertz CT molecular complexity index is 558. The molecular formula is C14H21N5. The summed E-state index contributed by atoms with van der Waals surface area (Å²) in [6.07, 6.45) is 2.72. The SMILES string of the molecule is CCN(CCNc1nc2cccc(C)n2n1)C1CC1. The van der Waals surface area contributed by atoms with Crippen LogP contribution in [0, 0.1) is 6.92 Å². The molecule has 0 aromatic carbocycles. The minimum atomic E-state index is 0.723. The number of aryl methyl sites for hydroxylation is 1. The van der Waals surface area contributed by atoms with E-state index < -0.39 is 0 Å². The molecule has 2 aromatic rings. The van der Waals surface area contributed by atoms with Gasteiger partial charge in [-0.3, -0.25) is 4.90 Å². The Labute approximate surface area is 113 Å². The highest BCUT2D eigenvalue weighted by Crippen LogP contribution is 2.25. The third-order valence-electron chi connectivity index (χ3n) is 3.70. The molecule has 0 radical (unpaired) electrons. The van der Waals surface area contributed by atoms with E-state index in [1.165, 1.54) is 12.8 Å². The Morgan fingerprint density at radius 3 is 2.95 bits per heavy atom. The van der Waals surface area contributed by atoms with Crippen LogP contribution in [-0.2, 0) is 0 Å². The molecule has 2 heterocycles. The monoisotopic (exact) mass is 259 g/mol. The molecule has 0 atom stereocenters. The average Bonchev–Trinajstić information content (AvgIpc) is 3.15. The van der Waals surface area contributed by atoms with Crippen molar-refractivity contribution in [3.8, 4) is 0 Å². The van der Waals surface area contributed by atoms with Gasteiger partial charge in [0.1, 0.15) is 0 Å². The summed E-state index contributed by atoms with van der Waals surface area (Å²) >= 11 is 0. The van der Waals surface area contributed by atoms with Crippen molar-refractivity contribution < 1.29 is 0 Å². The molecule has 0 spiro atoms.